The van der Waals surface area contributed by atoms with Crippen LogP contribution in [0.15, 0.2) is 34.8 Å². The van der Waals surface area contributed by atoms with E-state index in [1.807, 2.05) is 6.07 Å². The van der Waals surface area contributed by atoms with Crippen LogP contribution in [0, 0.1) is 5.41 Å². The first-order valence-electron chi connectivity index (χ1n) is 9.26. The third kappa shape index (κ3) is 2.41. The van der Waals surface area contributed by atoms with E-state index in [1.165, 1.54) is 34.0 Å². The van der Waals surface area contributed by atoms with E-state index in [2.05, 4.69) is 45.2 Å². The number of hydrogen-bond acceptors (Lipinski definition) is 3. The summed E-state index contributed by atoms with van der Waals surface area (Å²) in [6, 6.07) is 10.7. The van der Waals surface area contributed by atoms with Gasteiger partial charge in [-0.3, -0.25) is 0 Å². The average Bonchev–Trinajstić information content (AvgIpc) is 3.07. The third-order valence-corrected chi connectivity index (χ3v) is 6.80. The van der Waals surface area contributed by atoms with Crippen LogP contribution in [-0.2, 0) is 16.6 Å². The maximum atomic E-state index is 7.57. The Hall–Kier alpha value is -2.11. The van der Waals surface area contributed by atoms with E-state index in [1.54, 1.807) is 7.11 Å². The second-order valence-corrected chi connectivity index (χ2v) is 8.30. The van der Waals surface area contributed by atoms with Gasteiger partial charge in [0.15, 0.2) is 0 Å². The van der Waals surface area contributed by atoms with Crippen LogP contribution in [0.25, 0.3) is 10.9 Å². The van der Waals surface area contributed by atoms with E-state index in [-0.39, 0.29) is 5.41 Å². The summed E-state index contributed by atoms with van der Waals surface area (Å²) >= 11 is 3.66. The third-order valence-electron chi connectivity index (χ3n) is 6.18. The Morgan fingerprint density at radius 1 is 1.22 bits per heavy atom. The van der Waals surface area contributed by atoms with Crippen LogP contribution in [0.2, 0.25) is 0 Å². The van der Waals surface area contributed by atoms with Crippen LogP contribution in [0.5, 0.6) is 5.75 Å². The Morgan fingerprint density at radius 2 is 2.04 bits per heavy atom. The Labute approximate surface area is 166 Å². The van der Waals surface area contributed by atoms with Crippen molar-refractivity contribution in [2.45, 2.75) is 24.7 Å². The highest BCUT2D eigenvalue weighted by Gasteiger charge is 2.44. The molecule has 1 aliphatic carbocycles. The number of aromatic amines is 1. The summed E-state index contributed by atoms with van der Waals surface area (Å²) in [5.74, 6) is 0.880. The Kier molecular flexibility index (Phi) is 3.92. The molecule has 0 bridgehead atoms. The summed E-state index contributed by atoms with van der Waals surface area (Å²) < 4.78 is 12.3. The molecule has 1 aromatic heterocycles. The van der Waals surface area contributed by atoms with Crippen molar-refractivity contribution in [1.82, 2.24) is 4.98 Å². The number of H-pyrrole nitrogens is 1. The van der Waals surface area contributed by atoms with E-state index in [4.69, 9.17) is 14.9 Å². The number of aromatic nitrogens is 1. The van der Waals surface area contributed by atoms with Gasteiger partial charge in [-0.05, 0) is 69.2 Å². The second kappa shape index (κ2) is 6.21. The van der Waals surface area contributed by atoms with Gasteiger partial charge in [-0.15, -0.1) is 0 Å². The molecular formula is C22H21BrN2O2. The second-order valence-electron chi connectivity index (χ2n) is 7.44. The molecule has 138 valence electrons. The smallest absolute Gasteiger partial charge is 0.133 e. The number of rotatable bonds is 2. The van der Waals surface area contributed by atoms with Crippen LogP contribution in [-0.4, -0.2) is 31.5 Å². The van der Waals surface area contributed by atoms with Gasteiger partial charge in [-0.2, -0.15) is 0 Å². The fourth-order valence-electron chi connectivity index (χ4n) is 4.86. The average molecular weight is 425 g/mol. The first-order chi connectivity index (χ1) is 13.2. The van der Waals surface area contributed by atoms with Crippen molar-refractivity contribution in [3.05, 3.63) is 62.8 Å². The maximum absolute atomic E-state index is 7.57. The summed E-state index contributed by atoms with van der Waals surface area (Å²) in [4.78, 5) is 3.73. The number of methoxy groups -OCH3 is 1. The molecule has 0 amide bonds. The van der Waals surface area contributed by atoms with E-state index < -0.39 is 0 Å². The maximum Gasteiger partial charge on any atom is 0.133 e. The highest BCUT2D eigenvalue weighted by Crippen LogP contribution is 2.51. The lowest BCUT2D eigenvalue weighted by molar-refractivity contribution is 0.0608. The fraction of sp³-hybridized carbons (Fsp3) is 0.318. The van der Waals surface area contributed by atoms with E-state index in [0.717, 1.165) is 53.8 Å². The molecule has 1 spiro atoms. The van der Waals surface area contributed by atoms with Crippen molar-refractivity contribution >= 4 is 33.0 Å². The molecule has 27 heavy (non-hydrogen) atoms. The van der Waals surface area contributed by atoms with Crippen LogP contribution in [0.1, 0.15) is 40.8 Å². The van der Waals surface area contributed by atoms with Gasteiger partial charge in [0.05, 0.1) is 11.6 Å². The number of ether oxygens (including phenoxy) is 2. The molecule has 2 heterocycles. The molecule has 0 unspecified atom stereocenters. The van der Waals surface area contributed by atoms with Gasteiger partial charge in [0.25, 0.3) is 0 Å². The molecule has 2 aliphatic rings. The van der Waals surface area contributed by atoms with Gasteiger partial charge in [-0.25, -0.2) is 0 Å². The van der Waals surface area contributed by atoms with Crippen LogP contribution in [0.4, 0.5) is 0 Å². The van der Waals surface area contributed by atoms with Crippen molar-refractivity contribution in [1.29, 1.82) is 5.41 Å². The normalized spacial score (nSPS) is 17.6. The molecule has 5 heteroatoms. The zero-order valence-corrected chi connectivity index (χ0v) is 16.8. The first-order valence-corrected chi connectivity index (χ1v) is 10.1. The standard InChI is InChI=1S/C22H21BrN2O2/c1-26-20-11-17-14(10-18(20)23)9-16-15-3-2-13(12-24)8-19(15)25-21(16)22(17)4-6-27-7-5-22/h2-3,8,10-12,24-25H,4-7,9H2,1H3. The molecule has 0 radical (unpaired) electrons. The molecule has 2 N–H and O–H groups in total. The number of fused-ring (bicyclic) bond motifs is 6. The quantitative estimate of drug-likeness (QED) is 0.572. The fourth-order valence-corrected chi connectivity index (χ4v) is 5.41. The lowest BCUT2D eigenvalue weighted by Crippen LogP contribution is -2.39. The van der Waals surface area contributed by atoms with Crippen LogP contribution >= 0.6 is 15.9 Å². The summed E-state index contributed by atoms with van der Waals surface area (Å²) in [5.41, 5.74) is 7.38. The minimum atomic E-state index is -0.0704. The lowest BCUT2D eigenvalue weighted by Gasteiger charge is -2.42. The van der Waals surface area contributed by atoms with Gasteiger partial charge in [0.1, 0.15) is 5.75 Å². The van der Waals surface area contributed by atoms with Gasteiger partial charge in [0.2, 0.25) is 0 Å². The summed E-state index contributed by atoms with van der Waals surface area (Å²) in [5, 5.41) is 8.83. The van der Waals surface area contributed by atoms with Crippen molar-refractivity contribution in [2.24, 2.45) is 0 Å². The highest BCUT2D eigenvalue weighted by molar-refractivity contribution is 9.10. The molecule has 0 saturated carbocycles. The van der Waals surface area contributed by atoms with Gasteiger partial charge in [0, 0.05) is 47.9 Å². The molecule has 2 aromatic carbocycles. The van der Waals surface area contributed by atoms with E-state index in [0.29, 0.717) is 0 Å². The zero-order valence-electron chi connectivity index (χ0n) is 15.2. The Bertz CT molecular complexity index is 1060. The predicted molar refractivity (Wildman–Crippen MR) is 111 cm³/mol. The molecule has 1 aliphatic heterocycles. The minimum Gasteiger partial charge on any atom is -0.496 e. The number of benzene rings is 2. The van der Waals surface area contributed by atoms with Crippen LogP contribution in [0.3, 0.4) is 0 Å². The SMILES string of the molecule is COc1cc2c(cc1Br)Cc1c([nH]c3cc(C=N)ccc13)C21CCOCC1. The minimum absolute atomic E-state index is 0.0704. The largest absolute Gasteiger partial charge is 0.496 e. The monoisotopic (exact) mass is 424 g/mol. The molecule has 3 aromatic rings. The summed E-state index contributed by atoms with van der Waals surface area (Å²) in [7, 11) is 1.72. The number of halogens is 1. The van der Waals surface area contributed by atoms with Gasteiger partial charge < -0.3 is 19.9 Å². The zero-order chi connectivity index (χ0) is 18.6. The summed E-state index contributed by atoms with van der Waals surface area (Å²) in [6.45, 7) is 1.52. The lowest BCUT2D eigenvalue weighted by atomic mass is 9.65. The van der Waals surface area contributed by atoms with E-state index in [9.17, 15) is 0 Å². The topological polar surface area (TPSA) is 58.1 Å². The molecule has 1 fully saturated rings. The predicted octanol–water partition coefficient (Wildman–Crippen LogP) is 4.94. The highest BCUT2D eigenvalue weighted by atomic mass is 79.9. The van der Waals surface area contributed by atoms with Crippen molar-refractivity contribution in [2.75, 3.05) is 20.3 Å². The van der Waals surface area contributed by atoms with Crippen molar-refractivity contribution in [3.63, 3.8) is 0 Å². The molecule has 5 rings (SSSR count). The van der Waals surface area contributed by atoms with Crippen molar-refractivity contribution in [3.8, 4) is 5.75 Å². The Balaban J connectivity index is 1.80. The van der Waals surface area contributed by atoms with Crippen molar-refractivity contribution < 1.29 is 9.47 Å². The first kappa shape index (κ1) is 17.0. The van der Waals surface area contributed by atoms with Gasteiger partial charge in [-0.1, -0.05) is 12.1 Å². The molecule has 1 saturated heterocycles. The summed E-state index contributed by atoms with van der Waals surface area (Å²) in [6.07, 6.45) is 4.23. The van der Waals surface area contributed by atoms with Crippen LogP contribution < -0.4 is 4.74 Å². The van der Waals surface area contributed by atoms with Gasteiger partial charge >= 0.3 is 0 Å². The Morgan fingerprint density at radius 3 is 2.78 bits per heavy atom. The molecule has 0 atom stereocenters. The van der Waals surface area contributed by atoms with E-state index >= 15 is 0 Å². The number of hydrogen-bond donors (Lipinski definition) is 2. The number of nitrogens with one attached hydrogen (secondary N) is 2. The molecule has 4 nitrogen and oxygen atoms in total. The molecular weight excluding hydrogens is 404 g/mol.